The minimum absolute atomic E-state index is 0.405. The molecule has 0 amide bonds. The number of unbranched alkanes of at least 4 members (excludes halogenated alkanes) is 5. The van der Waals surface area contributed by atoms with Gasteiger partial charge in [-0.05, 0) is 30.7 Å². The summed E-state index contributed by atoms with van der Waals surface area (Å²) < 4.78 is 5.64. The minimum Gasteiger partial charge on any atom is -0.362 e. The Labute approximate surface area is 145 Å². The molecule has 0 aliphatic heterocycles. The van der Waals surface area contributed by atoms with Crippen molar-refractivity contribution in [1.29, 1.82) is 0 Å². The third-order valence-electron chi connectivity index (χ3n) is 4.01. The standard InChI is InChI=1S/C20H28N2O2/c1-2-3-4-5-6-10-17-24-20(23)15-13-19(14-16-20)22-21-18-11-8-7-9-12-18/h7-9,11-15,23H,2-6,10,16-17H2,1H3. The molecule has 2 rings (SSSR count). The average Bonchev–Trinajstić information content (AvgIpc) is 2.61. The molecular weight excluding hydrogens is 300 g/mol. The molecule has 4 nitrogen and oxygen atoms in total. The monoisotopic (exact) mass is 328 g/mol. The van der Waals surface area contributed by atoms with E-state index >= 15 is 0 Å². The molecule has 0 saturated carbocycles. The van der Waals surface area contributed by atoms with E-state index in [-0.39, 0.29) is 0 Å². The molecular formula is C20H28N2O2. The number of hydrogen-bond acceptors (Lipinski definition) is 4. The lowest BCUT2D eigenvalue weighted by atomic mass is 10.1. The van der Waals surface area contributed by atoms with Gasteiger partial charge in [0.15, 0.2) is 5.79 Å². The molecule has 1 aromatic rings. The molecule has 1 atom stereocenters. The van der Waals surface area contributed by atoms with E-state index in [2.05, 4.69) is 17.2 Å². The van der Waals surface area contributed by atoms with Crippen molar-refractivity contribution in [3.8, 4) is 0 Å². The van der Waals surface area contributed by atoms with Crippen LogP contribution >= 0.6 is 0 Å². The lowest BCUT2D eigenvalue weighted by Crippen LogP contribution is -2.31. The molecule has 1 N–H and O–H groups in total. The Morgan fingerprint density at radius 3 is 2.50 bits per heavy atom. The van der Waals surface area contributed by atoms with Crippen LogP contribution < -0.4 is 0 Å². The normalized spacial score (nSPS) is 20.5. The summed E-state index contributed by atoms with van der Waals surface area (Å²) in [6.07, 6.45) is 12.9. The summed E-state index contributed by atoms with van der Waals surface area (Å²) in [5.41, 5.74) is 1.55. The molecule has 0 spiro atoms. The Kier molecular flexibility index (Phi) is 7.86. The van der Waals surface area contributed by atoms with E-state index in [1.54, 1.807) is 12.2 Å². The highest BCUT2D eigenvalue weighted by molar-refractivity contribution is 5.35. The summed E-state index contributed by atoms with van der Waals surface area (Å²) in [6, 6.07) is 9.59. The van der Waals surface area contributed by atoms with Gasteiger partial charge in [-0.3, -0.25) is 0 Å². The van der Waals surface area contributed by atoms with E-state index in [4.69, 9.17) is 4.74 Å². The van der Waals surface area contributed by atoms with Crippen LogP contribution in [0.3, 0.4) is 0 Å². The Balaban J connectivity index is 1.69. The van der Waals surface area contributed by atoms with Gasteiger partial charge in [0, 0.05) is 6.42 Å². The number of ether oxygens (including phenoxy) is 1. The second-order valence-electron chi connectivity index (χ2n) is 6.16. The maximum atomic E-state index is 10.4. The summed E-state index contributed by atoms with van der Waals surface area (Å²) in [5, 5.41) is 18.8. The van der Waals surface area contributed by atoms with Gasteiger partial charge in [0.2, 0.25) is 0 Å². The van der Waals surface area contributed by atoms with Crippen molar-refractivity contribution in [2.45, 2.75) is 57.7 Å². The molecule has 0 fully saturated rings. The molecule has 0 aromatic heterocycles. The average molecular weight is 328 g/mol. The first-order chi connectivity index (χ1) is 11.7. The van der Waals surface area contributed by atoms with Crippen molar-refractivity contribution in [1.82, 2.24) is 0 Å². The Hall–Kier alpha value is -1.78. The highest BCUT2D eigenvalue weighted by Gasteiger charge is 2.25. The predicted molar refractivity (Wildman–Crippen MR) is 97.1 cm³/mol. The van der Waals surface area contributed by atoms with Gasteiger partial charge in [-0.15, -0.1) is 0 Å². The second-order valence-corrected chi connectivity index (χ2v) is 6.16. The maximum Gasteiger partial charge on any atom is 0.189 e. The number of rotatable bonds is 10. The van der Waals surface area contributed by atoms with Gasteiger partial charge in [0.25, 0.3) is 0 Å². The van der Waals surface area contributed by atoms with Crippen molar-refractivity contribution in [2.24, 2.45) is 10.2 Å². The molecule has 0 bridgehead atoms. The molecule has 4 heteroatoms. The number of aliphatic hydroxyl groups is 1. The first-order valence-corrected chi connectivity index (χ1v) is 8.94. The molecule has 0 radical (unpaired) electrons. The fraction of sp³-hybridized carbons (Fsp3) is 0.500. The largest absolute Gasteiger partial charge is 0.362 e. The number of allylic oxidation sites excluding steroid dienone is 1. The molecule has 130 valence electrons. The van der Waals surface area contributed by atoms with Gasteiger partial charge >= 0.3 is 0 Å². The maximum absolute atomic E-state index is 10.4. The third-order valence-corrected chi connectivity index (χ3v) is 4.01. The third kappa shape index (κ3) is 6.77. The van der Waals surface area contributed by atoms with Crippen LogP contribution in [0, 0.1) is 0 Å². The first kappa shape index (κ1) is 18.6. The summed E-state index contributed by atoms with van der Waals surface area (Å²) in [5.74, 6) is -1.20. The molecule has 0 saturated heterocycles. The SMILES string of the molecule is CCCCCCCCOC1(O)C=CC(N=Nc2ccccc2)=CC1. The quantitative estimate of drug-likeness (QED) is 0.341. The van der Waals surface area contributed by atoms with E-state index < -0.39 is 5.79 Å². The van der Waals surface area contributed by atoms with E-state index in [1.807, 2.05) is 36.4 Å². The van der Waals surface area contributed by atoms with Crippen LogP contribution in [-0.2, 0) is 4.74 Å². The fourth-order valence-electron chi connectivity index (χ4n) is 2.53. The van der Waals surface area contributed by atoms with Crippen molar-refractivity contribution >= 4 is 5.69 Å². The van der Waals surface area contributed by atoms with Crippen LogP contribution in [0.2, 0.25) is 0 Å². The van der Waals surface area contributed by atoms with Crippen LogP contribution in [0.5, 0.6) is 0 Å². The van der Waals surface area contributed by atoms with E-state index in [0.717, 1.165) is 24.2 Å². The van der Waals surface area contributed by atoms with Gasteiger partial charge < -0.3 is 9.84 Å². The highest BCUT2D eigenvalue weighted by Crippen LogP contribution is 2.24. The van der Waals surface area contributed by atoms with Crippen LogP contribution in [0.15, 0.2) is 64.5 Å². The first-order valence-electron chi connectivity index (χ1n) is 8.94. The van der Waals surface area contributed by atoms with Crippen LogP contribution in [0.4, 0.5) is 5.69 Å². The van der Waals surface area contributed by atoms with Crippen molar-refractivity contribution < 1.29 is 9.84 Å². The van der Waals surface area contributed by atoms with E-state index in [0.29, 0.717) is 13.0 Å². The van der Waals surface area contributed by atoms with Crippen LogP contribution in [0.1, 0.15) is 51.9 Å². The summed E-state index contributed by atoms with van der Waals surface area (Å²) >= 11 is 0. The number of nitrogens with zero attached hydrogens (tertiary/aromatic N) is 2. The zero-order valence-corrected chi connectivity index (χ0v) is 14.5. The van der Waals surface area contributed by atoms with Crippen molar-refractivity contribution in [3.05, 3.63) is 54.3 Å². The molecule has 1 unspecified atom stereocenters. The second kappa shape index (κ2) is 10.2. The minimum atomic E-state index is -1.20. The zero-order chi connectivity index (χ0) is 17.1. The smallest absolute Gasteiger partial charge is 0.189 e. The summed E-state index contributed by atoms with van der Waals surface area (Å²) in [6.45, 7) is 2.80. The lowest BCUT2D eigenvalue weighted by molar-refractivity contribution is -0.165. The van der Waals surface area contributed by atoms with Crippen LogP contribution in [0.25, 0.3) is 0 Å². The highest BCUT2D eigenvalue weighted by atomic mass is 16.6. The van der Waals surface area contributed by atoms with Crippen molar-refractivity contribution in [3.63, 3.8) is 0 Å². The molecule has 0 heterocycles. The Bertz CT molecular complexity index is 566. The number of hydrogen-bond donors (Lipinski definition) is 1. The van der Waals surface area contributed by atoms with Crippen molar-refractivity contribution in [2.75, 3.05) is 6.61 Å². The Morgan fingerprint density at radius 1 is 1.04 bits per heavy atom. The predicted octanol–water partition coefficient (Wildman–Crippen LogP) is 5.68. The summed E-state index contributed by atoms with van der Waals surface area (Å²) in [7, 11) is 0. The van der Waals surface area contributed by atoms with E-state index in [1.165, 1.54) is 25.7 Å². The zero-order valence-electron chi connectivity index (χ0n) is 14.5. The Morgan fingerprint density at radius 2 is 1.79 bits per heavy atom. The fourth-order valence-corrected chi connectivity index (χ4v) is 2.53. The van der Waals surface area contributed by atoms with E-state index in [9.17, 15) is 5.11 Å². The van der Waals surface area contributed by atoms with Gasteiger partial charge in [-0.25, -0.2) is 0 Å². The number of azo groups is 1. The molecule has 1 aromatic carbocycles. The number of benzene rings is 1. The molecule has 1 aliphatic carbocycles. The van der Waals surface area contributed by atoms with Gasteiger partial charge in [-0.1, -0.05) is 63.3 Å². The van der Waals surface area contributed by atoms with Crippen LogP contribution in [-0.4, -0.2) is 17.5 Å². The van der Waals surface area contributed by atoms with Gasteiger partial charge in [0.05, 0.1) is 18.0 Å². The topological polar surface area (TPSA) is 54.2 Å². The van der Waals surface area contributed by atoms with Gasteiger partial charge in [-0.2, -0.15) is 10.2 Å². The molecule has 1 aliphatic rings. The van der Waals surface area contributed by atoms with Gasteiger partial charge in [0.1, 0.15) is 0 Å². The lowest BCUT2D eigenvalue weighted by Gasteiger charge is -2.26. The summed E-state index contributed by atoms with van der Waals surface area (Å²) in [4.78, 5) is 0. The molecule has 24 heavy (non-hydrogen) atoms.